The molecule has 16 rings (SSSR count). The highest BCUT2D eigenvalue weighted by atomic mass is 19.2. The lowest BCUT2D eigenvalue weighted by Gasteiger charge is -2.48. The van der Waals surface area contributed by atoms with Gasteiger partial charge in [0.05, 0.1) is 73.0 Å². The summed E-state index contributed by atoms with van der Waals surface area (Å²) in [7, 11) is 0. The molecule has 9 N–H and O–H groups in total. The van der Waals surface area contributed by atoms with Crippen molar-refractivity contribution in [3.8, 4) is 0 Å². The molecule has 6 aliphatic rings. The molecule has 6 aromatic carbocycles. The molecule has 4 aromatic heterocycles. The van der Waals surface area contributed by atoms with Crippen LogP contribution in [0.3, 0.4) is 0 Å². The first-order valence-electron chi connectivity index (χ1n) is 24.5. The number of aromatic nitrogens is 4. The van der Waals surface area contributed by atoms with Gasteiger partial charge in [-0.2, -0.15) is 0 Å². The lowest BCUT2D eigenvalue weighted by molar-refractivity contribution is -0.324. The fourth-order valence-electron chi connectivity index (χ4n) is 13.6. The molecular formula is C54H36F6N6O13. The number of ether oxygens (including phenoxy) is 2. The fourth-order valence-corrected chi connectivity index (χ4v) is 13.6. The Labute approximate surface area is 434 Å². The summed E-state index contributed by atoms with van der Waals surface area (Å²) in [5, 5.41) is 82.7. The van der Waals surface area contributed by atoms with Gasteiger partial charge in [-0.05, 0) is 68.3 Å². The number of aliphatic hydroxyl groups is 7. The highest BCUT2D eigenvalue weighted by Gasteiger charge is 2.60. The maximum atomic E-state index is 15.0. The van der Waals surface area contributed by atoms with Gasteiger partial charge in [-0.3, -0.25) is 29.8 Å². The number of halogens is 6. The number of benzene rings is 6. The van der Waals surface area contributed by atoms with Crippen LogP contribution >= 0.6 is 0 Å². The molecule has 10 atom stereocenters. The van der Waals surface area contributed by atoms with E-state index >= 15 is 0 Å². The zero-order valence-corrected chi connectivity index (χ0v) is 40.6. The number of hydrogen-bond acceptors (Lipinski definition) is 13. The smallest absolute Gasteiger partial charge is 0.259 e. The minimum Gasteiger partial charge on any atom is -0.391 e. The van der Waals surface area contributed by atoms with Gasteiger partial charge < -0.3 is 63.5 Å². The Morgan fingerprint density at radius 3 is 1.27 bits per heavy atom. The molecule has 25 heteroatoms. The van der Waals surface area contributed by atoms with Gasteiger partial charge in [0.15, 0.2) is 47.2 Å². The zero-order chi connectivity index (χ0) is 55.6. The Hall–Kier alpha value is -7.98. The quantitative estimate of drug-likeness (QED) is 0.0805. The summed E-state index contributed by atoms with van der Waals surface area (Å²) in [6.07, 6.45) is -13.8. The molecule has 0 aliphatic carbocycles. The maximum absolute atomic E-state index is 15.0. The largest absolute Gasteiger partial charge is 0.391 e. The summed E-state index contributed by atoms with van der Waals surface area (Å²) >= 11 is 0. The van der Waals surface area contributed by atoms with Gasteiger partial charge in [-0.15, -0.1) is 0 Å². The number of fused-ring (bicyclic) bond motifs is 26. The minimum absolute atomic E-state index is 0.00991. The van der Waals surface area contributed by atoms with Crippen molar-refractivity contribution in [1.29, 1.82) is 0 Å². The van der Waals surface area contributed by atoms with Gasteiger partial charge in [-0.25, -0.2) is 26.3 Å². The molecule has 2 fully saturated rings. The molecule has 0 unspecified atom stereocenters. The first-order valence-corrected chi connectivity index (χ1v) is 24.5. The summed E-state index contributed by atoms with van der Waals surface area (Å²) in [5.74, 6) is -9.41. The summed E-state index contributed by atoms with van der Waals surface area (Å²) in [6, 6.07) is 8.69. The van der Waals surface area contributed by atoms with Gasteiger partial charge in [0.1, 0.15) is 48.3 Å². The Bertz CT molecular complexity index is 4700. The third-order valence-electron chi connectivity index (χ3n) is 17.1. The number of rotatable bonds is 1. The first-order chi connectivity index (χ1) is 37.5. The van der Waals surface area contributed by atoms with Crippen molar-refractivity contribution >= 4 is 111 Å². The number of carbonyl (C=O) groups excluding carboxylic acids is 4. The van der Waals surface area contributed by atoms with Crippen molar-refractivity contribution in [3.63, 3.8) is 0 Å². The van der Waals surface area contributed by atoms with Crippen molar-refractivity contribution < 1.29 is 90.7 Å². The van der Waals surface area contributed by atoms with E-state index in [-0.39, 0.29) is 115 Å². The van der Waals surface area contributed by atoms with Crippen molar-refractivity contribution in [2.75, 3.05) is 6.61 Å². The highest BCUT2D eigenvalue weighted by molar-refractivity contribution is 6.41. The summed E-state index contributed by atoms with van der Waals surface area (Å²) in [4.78, 5) is 53.0. The van der Waals surface area contributed by atoms with E-state index in [1.807, 2.05) is 0 Å². The lowest BCUT2D eigenvalue weighted by atomic mass is 9.92. The molecule has 4 bridgehead atoms. The van der Waals surface area contributed by atoms with E-state index < -0.39 is 126 Å². The monoisotopic (exact) mass is 1090 g/mol. The standard InChI is InChI=1S/C27H18F3N3O7.C27H18F3N3O6/c1-7-2-13-8(3-10(7)28)15-17-18(25(39)31-24(17)38)16-9-4-11(29)12(30)5-14(9)33-20(16)19(15)32(13)26-22(36)21(35)23(37)27(33,6-34)40-26;1-7-3-13-8(4-10(7)28)15-17-18(25(38)31-24(17)37)16-9-5-11(29)12(30)6-14(9)33-20(16)19(15)32(13)26-22(35)21(34)23(36)27(33,2)39-26/h2-5,21-23,26,34-37H,6H2,1H3,(H,31,38,39);3-6,21-23,26,34-36H,1-2H3,(H,31,37,38)/t2*21-,22-,23+,26-,27+/m11/s1. The van der Waals surface area contributed by atoms with Gasteiger partial charge in [0, 0.05) is 55.2 Å². The van der Waals surface area contributed by atoms with Crippen LogP contribution in [-0.2, 0) is 20.9 Å². The Morgan fingerprint density at radius 2 is 0.823 bits per heavy atom. The molecule has 4 amide bonds. The van der Waals surface area contributed by atoms with Crippen LogP contribution in [0, 0.1) is 48.8 Å². The van der Waals surface area contributed by atoms with Crippen LogP contribution in [0.25, 0.3) is 87.2 Å². The second-order valence-electron chi connectivity index (χ2n) is 21.1. The molecule has 0 spiro atoms. The Kier molecular flexibility index (Phi) is 9.16. The number of nitrogens with one attached hydrogen (secondary N) is 2. The van der Waals surface area contributed by atoms with Gasteiger partial charge in [-0.1, -0.05) is 0 Å². The minimum atomic E-state index is -2.27. The number of carbonyl (C=O) groups is 4. The van der Waals surface area contributed by atoms with E-state index in [1.165, 1.54) is 58.7 Å². The Balaban J connectivity index is 0.000000137. The highest BCUT2D eigenvalue weighted by Crippen LogP contribution is 2.56. The summed E-state index contributed by atoms with van der Waals surface area (Å²) in [5.41, 5.74) is -3.33. The number of hydrogen-bond donors (Lipinski definition) is 9. The SMILES string of the molecule is Cc1cc2c(cc1F)c1c3c(c4c5cc(F)c(F)cc5n5c4c1n2[C@@H]1O[C@@]5(C)[C@@H](O)[C@H](O)[C@H]1O)C(=O)NC3=O.Cc1cc2c(cc1F)c1c3c(c4c5cc(F)c(F)cc5n5c4c1n2[C@@H]1O[C@@]5(CO)[C@@H](O)[C@H](O)[C@H]1O)C(=O)NC3=O. The van der Waals surface area contributed by atoms with Crippen LogP contribution < -0.4 is 10.6 Å². The first kappa shape index (κ1) is 48.2. The van der Waals surface area contributed by atoms with E-state index in [4.69, 9.17) is 9.47 Å². The normalized spacial score (nSPS) is 27.6. The Morgan fingerprint density at radius 1 is 0.468 bits per heavy atom. The molecule has 19 nitrogen and oxygen atoms in total. The van der Waals surface area contributed by atoms with Gasteiger partial charge in [0.2, 0.25) is 0 Å². The number of aryl methyl sites for hydroxylation is 2. The molecule has 6 aliphatic heterocycles. The molecule has 10 aromatic rings. The van der Waals surface area contributed by atoms with Gasteiger partial charge in [0.25, 0.3) is 23.6 Å². The van der Waals surface area contributed by atoms with E-state index in [0.717, 1.165) is 28.8 Å². The maximum Gasteiger partial charge on any atom is 0.259 e. The van der Waals surface area contributed by atoms with Crippen molar-refractivity contribution in [2.24, 2.45) is 0 Å². The van der Waals surface area contributed by atoms with Crippen LogP contribution in [0.4, 0.5) is 26.3 Å². The molecule has 79 heavy (non-hydrogen) atoms. The topological polar surface area (TPSA) is 272 Å². The third kappa shape index (κ3) is 5.40. The van der Waals surface area contributed by atoms with Crippen LogP contribution in [0.1, 0.15) is 71.9 Å². The van der Waals surface area contributed by atoms with E-state index in [2.05, 4.69) is 10.6 Å². The number of amides is 4. The summed E-state index contributed by atoms with van der Waals surface area (Å²) in [6.45, 7) is 3.43. The summed E-state index contributed by atoms with van der Waals surface area (Å²) < 4.78 is 107. The van der Waals surface area contributed by atoms with E-state index in [1.54, 1.807) is 0 Å². The van der Waals surface area contributed by atoms with Crippen molar-refractivity contribution in [1.82, 2.24) is 28.9 Å². The second kappa shape index (κ2) is 15.0. The molecule has 2 saturated heterocycles. The van der Waals surface area contributed by atoms with Crippen LogP contribution in [0.5, 0.6) is 0 Å². The van der Waals surface area contributed by atoms with Crippen molar-refractivity contribution in [2.45, 2.75) is 81.3 Å². The van der Waals surface area contributed by atoms with Gasteiger partial charge >= 0.3 is 0 Å². The van der Waals surface area contributed by atoms with Crippen LogP contribution in [-0.4, -0.2) is 121 Å². The molecule has 402 valence electrons. The predicted molar refractivity (Wildman–Crippen MR) is 263 cm³/mol. The molecule has 0 saturated carbocycles. The third-order valence-corrected chi connectivity index (χ3v) is 17.1. The average Bonchev–Trinajstić information content (AvgIpc) is 1.78. The molecule has 10 heterocycles. The lowest BCUT2D eigenvalue weighted by Crippen LogP contribution is -2.64. The average molecular weight is 1090 g/mol. The number of aliphatic hydroxyl groups excluding tert-OH is 7. The van der Waals surface area contributed by atoms with E-state index in [9.17, 15) is 81.3 Å². The number of nitrogens with zero attached hydrogens (tertiary/aromatic N) is 4. The molecular weight excluding hydrogens is 1050 g/mol. The van der Waals surface area contributed by atoms with Crippen LogP contribution in [0.2, 0.25) is 0 Å². The van der Waals surface area contributed by atoms with E-state index in [0.29, 0.717) is 5.52 Å². The van der Waals surface area contributed by atoms with Crippen LogP contribution in [0.15, 0.2) is 48.5 Å². The number of imide groups is 2. The fraction of sp³-hybridized carbons (Fsp3) is 0.259. The van der Waals surface area contributed by atoms with Crippen molar-refractivity contribution in [3.05, 3.63) is 117 Å². The second-order valence-corrected chi connectivity index (χ2v) is 21.1. The predicted octanol–water partition coefficient (Wildman–Crippen LogP) is 4.59. The zero-order valence-electron chi connectivity index (χ0n) is 40.6. The molecule has 0 radical (unpaired) electrons.